The quantitative estimate of drug-likeness (QED) is 0.311. The van der Waals surface area contributed by atoms with Crippen molar-refractivity contribution >= 4 is 10.9 Å². The molecule has 0 spiro atoms. The largest absolute Gasteiger partial charge is 0.331 e. The van der Waals surface area contributed by atoms with Crippen molar-refractivity contribution in [3.63, 3.8) is 0 Å². The van der Waals surface area contributed by atoms with Crippen LogP contribution in [0.4, 0.5) is 0 Å². The first-order valence-electron chi connectivity index (χ1n) is 13.5. The second kappa shape index (κ2) is 12.3. The van der Waals surface area contributed by atoms with Gasteiger partial charge in [-0.1, -0.05) is 20.8 Å². The van der Waals surface area contributed by atoms with Crippen molar-refractivity contribution in [2.75, 3.05) is 0 Å². The van der Waals surface area contributed by atoms with E-state index in [1.165, 1.54) is 47.6 Å². The normalized spacial score (nSPS) is 11.8. The average Bonchev–Trinajstić information content (AvgIpc) is 2.85. The van der Waals surface area contributed by atoms with Gasteiger partial charge in [0.05, 0.1) is 23.4 Å². The van der Waals surface area contributed by atoms with E-state index in [0.29, 0.717) is 10.9 Å². The minimum Gasteiger partial charge on any atom is -0.303 e. The molecule has 0 aliphatic heterocycles. The van der Waals surface area contributed by atoms with E-state index in [2.05, 4.69) is 9.97 Å². The first kappa shape index (κ1) is 33.9. The molecular formula is C30H43N7O5. The maximum absolute atomic E-state index is 12.3. The van der Waals surface area contributed by atoms with Gasteiger partial charge in [-0.3, -0.25) is 33.1 Å². The Hall–Kier alpha value is -4.35. The molecule has 4 heterocycles. The molecule has 0 amide bonds. The molecule has 0 unspecified atom stereocenters. The van der Waals surface area contributed by atoms with Crippen molar-refractivity contribution in [3.8, 4) is 0 Å². The number of hydrogen-bond donors (Lipinski definition) is 0. The van der Waals surface area contributed by atoms with Gasteiger partial charge in [-0.15, -0.1) is 0 Å². The second-order valence-corrected chi connectivity index (χ2v) is 13.1. The lowest BCUT2D eigenvalue weighted by Gasteiger charge is -2.22. The number of hydrogen-bond acceptors (Lipinski definition) is 7. The van der Waals surface area contributed by atoms with Gasteiger partial charge >= 0.3 is 11.4 Å². The zero-order chi connectivity index (χ0) is 32.4. The number of fused-ring (bicyclic) bond motifs is 1. The molecule has 4 rings (SSSR count). The molecule has 0 aromatic carbocycles. The molecule has 12 heteroatoms. The maximum atomic E-state index is 12.3. The summed E-state index contributed by atoms with van der Waals surface area (Å²) in [6, 6.07) is 3.03. The van der Waals surface area contributed by atoms with Crippen molar-refractivity contribution in [1.29, 1.82) is 0 Å². The zero-order valence-corrected chi connectivity index (χ0v) is 26.7. The smallest absolute Gasteiger partial charge is 0.303 e. The van der Waals surface area contributed by atoms with E-state index in [0.717, 1.165) is 5.56 Å². The summed E-state index contributed by atoms with van der Waals surface area (Å²) in [6.07, 6.45) is 7.74. The van der Waals surface area contributed by atoms with Gasteiger partial charge in [0.15, 0.2) is 0 Å². The standard InChI is InChI=1S/C12H15N3O2.C9H14N2O2.C9H14N2O/c1-12(2,3)15-10(16)8-5-6-13-7-9(8)14(4)11(15)17;1-9(2,3)11-7(12)5-6-10(4)8(11)13;1-9(2,3)7-5-10-6-11(4)8(7)12/h5-7H,1-4H3;5-6H,1-4H3;5-6H,1-4H3. The average molecular weight is 582 g/mol. The molecule has 0 aliphatic rings. The predicted molar refractivity (Wildman–Crippen MR) is 165 cm³/mol. The molecule has 0 aliphatic carbocycles. The number of rotatable bonds is 0. The Kier molecular flexibility index (Phi) is 9.88. The fourth-order valence-corrected chi connectivity index (χ4v) is 4.09. The molecule has 0 saturated carbocycles. The van der Waals surface area contributed by atoms with E-state index in [1.807, 2.05) is 62.3 Å². The highest BCUT2D eigenvalue weighted by atomic mass is 16.2. The van der Waals surface area contributed by atoms with Crippen molar-refractivity contribution in [2.24, 2.45) is 21.1 Å². The Labute approximate surface area is 244 Å². The van der Waals surface area contributed by atoms with Crippen LogP contribution in [-0.4, -0.2) is 32.8 Å². The van der Waals surface area contributed by atoms with E-state index >= 15 is 0 Å². The van der Waals surface area contributed by atoms with Crippen LogP contribution in [0.3, 0.4) is 0 Å². The SMILES string of the molecule is Cn1c(=O)n(C(C)(C)C)c(=O)c2ccncc21.Cn1ccc(=O)n(C(C)(C)C)c1=O.Cn1cncc(C(C)(C)C)c1=O. The van der Waals surface area contributed by atoms with E-state index < -0.39 is 11.1 Å². The number of pyridine rings is 1. The Bertz CT molecular complexity index is 1870. The highest BCUT2D eigenvalue weighted by molar-refractivity contribution is 5.76. The van der Waals surface area contributed by atoms with Gasteiger partial charge in [-0.05, 0) is 53.0 Å². The summed E-state index contributed by atoms with van der Waals surface area (Å²) in [6.45, 7) is 17.0. The first-order valence-corrected chi connectivity index (χ1v) is 13.5. The molecule has 4 aromatic rings. The summed E-state index contributed by atoms with van der Waals surface area (Å²) in [4.78, 5) is 66.8. The van der Waals surface area contributed by atoms with Crippen LogP contribution in [0.5, 0.6) is 0 Å². The molecule has 0 N–H and O–H groups in total. The van der Waals surface area contributed by atoms with E-state index in [9.17, 15) is 24.0 Å². The Morgan fingerprint density at radius 2 is 1.21 bits per heavy atom. The monoisotopic (exact) mass is 581 g/mol. The van der Waals surface area contributed by atoms with Crippen LogP contribution in [-0.2, 0) is 37.6 Å². The highest BCUT2D eigenvalue weighted by Gasteiger charge is 2.21. The van der Waals surface area contributed by atoms with Gasteiger partial charge in [0.2, 0.25) is 0 Å². The van der Waals surface area contributed by atoms with Gasteiger partial charge in [0.25, 0.3) is 16.7 Å². The molecule has 4 aromatic heterocycles. The van der Waals surface area contributed by atoms with E-state index in [1.54, 1.807) is 39.6 Å². The third-order valence-electron chi connectivity index (χ3n) is 6.37. The summed E-state index contributed by atoms with van der Waals surface area (Å²) in [7, 11) is 4.99. The first-order chi connectivity index (χ1) is 19.1. The van der Waals surface area contributed by atoms with Crippen LogP contribution in [0.15, 0.2) is 67.2 Å². The lowest BCUT2D eigenvalue weighted by Crippen LogP contribution is -2.47. The van der Waals surface area contributed by atoms with Gasteiger partial charge < -0.3 is 9.13 Å². The number of nitrogens with zero attached hydrogens (tertiary/aromatic N) is 7. The van der Waals surface area contributed by atoms with Crippen molar-refractivity contribution in [1.82, 2.24) is 32.8 Å². The van der Waals surface area contributed by atoms with Crippen LogP contribution in [0.2, 0.25) is 0 Å². The minimum atomic E-state index is -0.538. The summed E-state index contributed by atoms with van der Waals surface area (Å²) in [5.41, 5.74) is -0.885. The van der Waals surface area contributed by atoms with Crippen LogP contribution in [0, 0.1) is 0 Å². The van der Waals surface area contributed by atoms with Crippen LogP contribution in [0.1, 0.15) is 67.9 Å². The number of aromatic nitrogens is 7. The minimum absolute atomic E-state index is 0.0394. The van der Waals surface area contributed by atoms with E-state index in [4.69, 9.17) is 0 Å². The maximum Gasteiger partial charge on any atom is 0.331 e. The molecule has 0 saturated heterocycles. The molecule has 0 atom stereocenters. The summed E-state index contributed by atoms with van der Waals surface area (Å²) < 4.78 is 6.87. The molecule has 0 radical (unpaired) electrons. The van der Waals surface area contributed by atoms with Gasteiger partial charge in [-0.2, -0.15) is 0 Å². The van der Waals surface area contributed by atoms with Crippen molar-refractivity contribution < 1.29 is 0 Å². The predicted octanol–water partition coefficient (Wildman–Crippen LogP) is 2.23. The lowest BCUT2D eigenvalue weighted by molar-refractivity contribution is 0.358. The van der Waals surface area contributed by atoms with Crippen LogP contribution < -0.4 is 28.1 Å². The third-order valence-corrected chi connectivity index (χ3v) is 6.37. The van der Waals surface area contributed by atoms with Crippen molar-refractivity contribution in [2.45, 2.75) is 78.8 Å². The molecule has 12 nitrogen and oxygen atoms in total. The van der Waals surface area contributed by atoms with Gasteiger partial charge in [0.1, 0.15) is 0 Å². The van der Waals surface area contributed by atoms with Crippen LogP contribution in [0.25, 0.3) is 10.9 Å². The molecule has 42 heavy (non-hydrogen) atoms. The van der Waals surface area contributed by atoms with Gasteiger partial charge in [0, 0.05) is 62.4 Å². The zero-order valence-electron chi connectivity index (χ0n) is 26.7. The fourth-order valence-electron chi connectivity index (χ4n) is 4.09. The summed E-state index contributed by atoms with van der Waals surface area (Å²) in [5.74, 6) is 0. The fraction of sp³-hybridized carbons (Fsp3) is 0.500. The van der Waals surface area contributed by atoms with Crippen molar-refractivity contribution in [3.05, 3.63) is 101 Å². The molecule has 0 bridgehead atoms. The molecular weight excluding hydrogens is 538 g/mol. The third kappa shape index (κ3) is 7.48. The Morgan fingerprint density at radius 1 is 0.643 bits per heavy atom. The highest BCUT2D eigenvalue weighted by Crippen LogP contribution is 2.16. The summed E-state index contributed by atoms with van der Waals surface area (Å²) in [5, 5.41) is 0.511. The van der Waals surface area contributed by atoms with E-state index in [-0.39, 0.29) is 33.5 Å². The Balaban J connectivity index is 0.000000225. The van der Waals surface area contributed by atoms with Gasteiger partial charge in [-0.25, -0.2) is 14.6 Å². The number of aryl methyl sites for hydroxylation is 3. The molecule has 0 fully saturated rings. The topological polar surface area (TPSA) is 136 Å². The van der Waals surface area contributed by atoms with Crippen LogP contribution >= 0.6 is 0 Å². The molecule has 228 valence electrons. The lowest BCUT2D eigenvalue weighted by atomic mass is 9.89. The Morgan fingerprint density at radius 3 is 1.69 bits per heavy atom. The second-order valence-electron chi connectivity index (χ2n) is 13.1. The summed E-state index contributed by atoms with van der Waals surface area (Å²) >= 11 is 0.